The van der Waals surface area contributed by atoms with Gasteiger partial charge in [0, 0.05) is 17.7 Å². The Morgan fingerprint density at radius 2 is 1.90 bits per heavy atom. The molecule has 0 aliphatic rings. The predicted octanol–water partition coefficient (Wildman–Crippen LogP) is 4.95. The summed E-state index contributed by atoms with van der Waals surface area (Å²) in [6.07, 6.45) is 0.269. The van der Waals surface area contributed by atoms with E-state index in [1.807, 2.05) is 20.8 Å². The Morgan fingerprint density at radius 1 is 1.20 bits per heavy atom. The molecule has 0 unspecified atom stereocenters. The van der Waals surface area contributed by atoms with E-state index in [9.17, 15) is 4.39 Å². The number of aromatic nitrogens is 2. The van der Waals surface area contributed by atoms with Gasteiger partial charge in [0.15, 0.2) is 0 Å². The number of aryl methyl sites for hydroxylation is 1. The fourth-order valence-corrected chi connectivity index (χ4v) is 2.84. The van der Waals surface area contributed by atoms with E-state index in [2.05, 4.69) is 9.97 Å². The Bertz CT molecular complexity index is 619. The van der Waals surface area contributed by atoms with Crippen molar-refractivity contribution in [3.63, 3.8) is 0 Å². The first-order valence-corrected chi connectivity index (χ1v) is 7.11. The number of halogens is 3. The second-order valence-corrected chi connectivity index (χ2v) is 5.74. The predicted molar refractivity (Wildman–Crippen MR) is 80.1 cm³/mol. The van der Waals surface area contributed by atoms with Crippen molar-refractivity contribution in [1.82, 2.24) is 9.97 Å². The molecule has 20 heavy (non-hydrogen) atoms. The van der Waals surface area contributed by atoms with Crippen LogP contribution in [-0.2, 0) is 6.42 Å². The Hall–Kier alpha value is -1.19. The fourth-order valence-electron chi connectivity index (χ4n) is 2.19. The highest BCUT2D eigenvalue weighted by molar-refractivity contribution is 6.30. The van der Waals surface area contributed by atoms with Gasteiger partial charge in [0.25, 0.3) is 0 Å². The molecule has 106 valence electrons. The molecule has 0 bridgehead atoms. The van der Waals surface area contributed by atoms with Crippen molar-refractivity contribution in [3.8, 4) is 0 Å². The highest BCUT2D eigenvalue weighted by atomic mass is 35.5. The lowest BCUT2D eigenvalue weighted by atomic mass is 10.0. The summed E-state index contributed by atoms with van der Waals surface area (Å²) >= 11 is 12.0. The molecule has 1 aromatic heterocycles. The van der Waals surface area contributed by atoms with Crippen LogP contribution in [0.4, 0.5) is 4.39 Å². The zero-order valence-electron chi connectivity index (χ0n) is 11.5. The van der Waals surface area contributed by atoms with Gasteiger partial charge in [0.05, 0.1) is 5.02 Å². The summed E-state index contributed by atoms with van der Waals surface area (Å²) in [5.41, 5.74) is 2.23. The topological polar surface area (TPSA) is 25.8 Å². The molecule has 0 fully saturated rings. The molecule has 0 radical (unpaired) electrons. The van der Waals surface area contributed by atoms with Gasteiger partial charge in [0.2, 0.25) is 0 Å². The molecule has 0 aliphatic carbocycles. The molecule has 0 saturated heterocycles. The molecule has 0 N–H and O–H groups in total. The van der Waals surface area contributed by atoms with Crippen LogP contribution in [0.1, 0.15) is 42.4 Å². The molecule has 1 heterocycles. The van der Waals surface area contributed by atoms with E-state index in [0.717, 1.165) is 11.3 Å². The van der Waals surface area contributed by atoms with Gasteiger partial charge in [-0.15, -0.1) is 0 Å². The van der Waals surface area contributed by atoms with Crippen LogP contribution in [0.25, 0.3) is 0 Å². The Balaban J connectivity index is 2.38. The zero-order valence-corrected chi connectivity index (χ0v) is 13.1. The molecule has 0 atom stereocenters. The third-order valence-electron chi connectivity index (χ3n) is 3.09. The zero-order chi connectivity index (χ0) is 14.9. The largest absolute Gasteiger partial charge is 0.237 e. The first-order valence-electron chi connectivity index (χ1n) is 6.36. The van der Waals surface area contributed by atoms with Crippen LogP contribution in [0.2, 0.25) is 10.2 Å². The van der Waals surface area contributed by atoms with Crippen molar-refractivity contribution in [3.05, 3.63) is 56.8 Å². The second kappa shape index (κ2) is 6.06. The summed E-state index contributed by atoms with van der Waals surface area (Å²) in [7, 11) is 0. The summed E-state index contributed by atoms with van der Waals surface area (Å²) in [5, 5.41) is 0.536. The molecule has 5 heteroatoms. The summed E-state index contributed by atoms with van der Waals surface area (Å²) in [6, 6.07) is 4.89. The normalized spacial score (nSPS) is 11.2. The first-order chi connectivity index (χ1) is 9.40. The van der Waals surface area contributed by atoms with Crippen molar-refractivity contribution in [2.75, 3.05) is 0 Å². The Kier molecular flexibility index (Phi) is 4.61. The molecule has 0 aliphatic heterocycles. The summed E-state index contributed by atoms with van der Waals surface area (Å²) in [5.74, 6) is 0.317. The summed E-state index contributed by atoms with van der Waals surface area (Å²) in [4.78, 5) is 8.68. The smallest absolute Gasteiger partial charge is 0.145 e. The first kappa shape index (κ1) is 15.2. The second-order valence-electron chi connectivity index (χ2n) is 4.97. The van der Waals surface area contributed by atoms with E-state index in [1.54, 1.807) is 12.1 Å². The van der Waals surface area contributed by atoms with Crippen LogP contribution in [0.3, 0.4) is 0 Å². The highest BCUT2D eigenvalue weighted by Crippen LogP contribution is 2.26. The lowest BCUT2D eigenvalue weighted by Gasteiger charge is -2.12. The molecule has 2 aromatic rings. The van der Waals surface area contributed by atoms with Gasteiger partial charge in [-0.3, -0.25) is 0 Å². The fraction of sp³-hybridized carbons (Fsp3) is 0.333. The van der Waals surface area contributed by atoms with Crippen molar-refractivity contribution in [2.24, 2.45) is 0 Å². The van der Waals surface area contributed by atoms with Crippen molar-refractivity contribution in [1.29, 1.82) is 0 Å². The molecule has 0 saturated carbocycles. The van der Waals surface area contributed by atoms with Crippen LogP contribution in [0.15, 0.2) is 18.2 Å². The highest BCUT2D eigenvalue weighted by Gasteiger charge is 2.15. The summed E-state index contributed by atoms with van der Waals surface area (Å²) < 4.78 is 13.9. The van der Waals surface area contributed by atoms with Gasteiger partial charge in [-0.2, -0.15) is 0 Å². The Labute approximate surface area is 128 Å². The molecular weight excluding hydrogens is 298 g/mol. The van der Waals surface area contributed by atoms with E-state index >= 15 is 0 Å². The minimum Gasteiger partial charge on any atom is -0.237 e. The quantitative estimate of drug-likeness (QED) is 0.750. The standard InChI is InChI=1S/C15H15Cl2FN2/c1-8(2)13-9(3)19-12(20-15(13)17)7-10-5-4-6-11(16)14(10)18/h4-6,8H,7H2,1-3H3. The maximum absolute atomic E-state index is 13.9. The van der Waals surface area contributed by atoms with Crippen LogP contribution >= 0.6 is 23.2 Å². The molecule has 2 nitrogen and oxygen atoms in total. The minimum absolute atomic E-state index is 0.101. The van der Waals surface area contributed by atoms with E-state index < -0.39 is 5.82 Å². The van der Waals surface area contributed by atoms with Crippen LogP contribution < -0.4 is 0 Å². The SMILES string of the molecule is Cc1nc(Cc2cccc(Cl)c2F)nc(Cl)c1C(C)C. The van der Waals surface area contributed by atoms with Gasteiger partial charge >= 0.3 is 0 Å². The number of benzene rings is 1. The van der Waals surface area contributed by atoms with Gasteiger partial charge < -0.3 is 0 Å². The van der Waals surface area contributed by atoms with Crippen LogP contribution in [-0.4, -0.2) is 9.97 Å². The van der Waals surface area contributed by atoms with Crippen molar-refractivity contribution >= 4 is 23.2 Å². The monoisotopic (exact) mass is 312 g/mol. The van der Waals surface area contributed by atoms with Crippen LogP contribution in [0, 0.1) is 12.7 Å². The molecule has 0 spiro atoms. The molecular formula is C15H15Cl2FN2. The van der Waals surface area contributed by atoms with E-state index in [-0.39, 0.29) is 17.4 Å². The average molecular weight is 313 g/mol. The molecule has 1 aromatic carbocycles. The number of hydrogen-bond acceptors (Lipinski definition) is 2. The van der Waals surface area contributed by atoms with Crippen molar-refractivity contribution in [2.45, 2.75) is 33.1 Å². The third-order valence-corrected chi connectivity index (χ3v) is 3.67. The average Bonchev–Trinajstić information content (AvgIpc) is 2.33. The Morgan fingerprint density at radius 3 is 2.50 bits per heavy atom. The van der Waals surface area contributed by atoms with Gasteiger partial charge in [-0.25, -0.2) is 14.4 Å². The summed E-state index contributed by atoms with van der Waals surface area (Å²) in [6.45, 7) is 5.96. The molecule has 0 amide bonds. The number of nitrogens with zero attached hydrogens (tertiary/aromatic N) is 2. The van der Waals surface area contributed by atoms with Gasteiger partial charge in [0.1, 0.15) is 16.8 Å². The maximum atomic E-state index is 13.9. The van der Waals surface area contributed by atoms with E-state index in [4.69, 9.17) is 23.2 Å². The lowest BCUT2D eigenvalue weighted by molar-refractivity contribution is 0.612. The molecule has 2 rings (SSSR count). The van der Waals surface area contributed by atoms with Crippen LogP contribution in [0.5, 0.6) is 0 Å². The number of rotatable bonds is 3. The number of hydrogen-bond donors (Lipinski definition) is 0. The maximum Gasteiger partial charge on any atom is 0.145 e. The van der Waals surface area contributed by atoms with Gasteiger partial charge in [-0.05, 0) is 24.5 Å². The third kappa shape index (κ3) is 3.10. The van der Waals surface area contributed by atoms with Gasteiger partial charge in [-0.1, -0.05) is 49.2 Å². The lowest BCUT2D eigenvalue weighted by Crippen LogP contribution is -2.06. The van der Waals surface area contributed by atoms with E-state index in [0.29, 0.717) is 16.5 Å². The minimum atomic E-state index is -0.431. The van der Waals surface area contributed by atoms with Crippen molar-refractivity contribution < 1.29 is 4.39 Å². The van der Waals surface area contributed by atoms with E-state index in [1.165, 1.54) is 6.07 Å².